The molecule has 1 heteroatoms. The molecule has 0 spiro atoms. The number of rotatable bonds is 2. The minimum atomic E-state index is 0.671. The van der Waals surface area contributed by atoms with Crippen molar-refractivity contribution in [2.24, 2.45) is 11.8 Å². The lowest BCUT2D eigenvalue weighted by Gasteiger charge is -2.41. The van der Waals surface area contributed by atoms with Gasteiger partial charge in [0, 0.05) is 17.6 Å². The van der Waals surface area contributed by atoms with Crippen LogP contribution in [0.1, 0.15) is 24.0 Å². The molecule has 3 atom stereocenters. The number of nitrogens with one attached hydrogen (secondary N) is 1. The third-order valence-corrected chi connectivity index (χ3v) is 4.31. The second-order valence-electron chi connectivity index (χ2n) is 5.24. The first kappa shape index (κ1) is 9.95. The molecule has 1 saturated carbocycles. The van der Waals surface area contributed by atoms with E-state index in [1.165, 1.54) is 29.7 Å². The molecule has 2 aliphatic rings. The van der Waals surface area contributed by atoms with Crippen LogP contribution in [-0.2, 0) is 0 Å². The van der Waals surface area contributed by atoms with Crippen LogP contribution in [-0.4, -0.2) is 6.04 Å². The minimum absolute atomic E-state index is 0.671. The Morgan fingerprint density at radius 3 is 2.94 bits per heavy atom. The molecular formula is C15H19N. The summed E-state index contributed by atoms with van der Waals surface area (Å²) in [6, 6.07) is 7.20. The van der Waals surface area contributed by atoms with Crippen molar-refractivity contribution >= 4 is 5.69 Å². The van der Waals surface area contributed by atoms with Crippen molar-refractivity contribution in [1.29, 1.82) is 0 Å². The summed E-state index contributed by atoms with van der Waals surface area (Å²) in [7, 11) is 0. The summed E-state index contributed by atoms with van der Waals surface area (Å²) in [5.41, 5.74) is 4.10. The maximum atomic E-state index is 3.71. The van der Waals surface area contributed by atoms with Crippen molar-refractivity contribution in [2.45, 2.75) is 32.7 Å². The standard InChI is InChI=1S/C15H19N/c1-10-5-3-8-14(11(10)2)16-15-9-12-6-4-7-13(12)15/h3-5,7-8,12-13,15-16H,6,9H2,1-2H3. The fraction of sp³-hybridized carbons (Fsp3) is 0.467. The van der Waals surface area contributed by atoms with E-state index >= 15 is 0 Å². The molecule has 0 aromatic heterocycles. The van der Waals surface area contributed by atoms with Gasteiger partial charge in [-0.05, 0) is 49.8 Å². The van der Waals surface area contributed by atoms with Crippen molar-refractivity contribution in [3.05, 3.63) is 41.5 Å². The summed E-state index contributed by atoms with van der Waals surface area (Å²) in [6.07, 6.45) is 7.39. The van der Waals surface area contributed by atoms with E-state index in [4.69, 9.17) is 0 Å². The van der Waals surface area contributed by atoms with E-state index in [1.807, 2.05) is 0 Å². The van der Waals surface area contributed by atoms with Gasteiger partial charge in [-0.2, -0.15) is 0 Å². The lowest BCUT2D eigenvalue weighted by atomic mass is 9.71. The highest BCUT2D eigenvalue weighted by molar-refractivity contribution is 5.55. The molecule has 0 radical (unpaired) electrons. The first-order valence-corrected chi connectivity index (χ1v) is 6.25. The SMILES string of the molecule is Cc1cccc(NC2CC3CC=CC32)c1C. The van der Waals surface area contributed by atoms with E-state index < -0.39 is 0 Å². The van der Waals surface area contributed by atoms with Gasteiger partial charge in [0.05, 0.1) is 0 Å². The van der Waals surface area contributed by atoms with Crippen LogP contribution in [0.5, 0.6) is 0 Å². The molecule has 1 N–H and O–H groups in total. The zero-order chi connectivity index (χ0) is 11.1. The molecule has 16 heavy (non-hydrogen) atoms. The Kier molecular flexibility index (Phi) is 2.27. The quantitative estimate of drug-likeness (QED) is 0.739. The Morgan fingerprint density at radius 1 is 1.25 bits per heavy atom. The van der Waals surface area contributed by atoms with Crippen LogP contribution >= 0.6 is 0 Å². The van der Waals surface area contributed by atoms with E-state index in [9.17, 15) is 0 Å². The van der Waals surface area contributed by atoms with Crippen LogP contribution in [0.4, 0.5) is 5.69 Å². The molecule has 3 rings (SSSR count). The van der Waals surface area contributed by atoms with Gasteiger partial charge in [0.15, 0.2) is 0 Å². The fourth-order valence-electron chi connectivity index (χ4n) is 2.99. The number of hydrogen-bond donors (Lipinski definition) is 1. The molecule has 0 heterocycles. The number of anilines is 1. The number of aryl methyl sites for hydroxylation is 1. The summed E-state index contributed by atoms with van der Waals surface area (Å²) >= 11 is 0. The lowest BCUT2D eigenvalue weighted by Crippen LogP contribution is -2.43. The summed E-state index contributed by atoms with van der Waals surface area (Å²) in [5.74, 6) is 1.72. The predicted octanol–water partition coefficient (Wildman–Crippen LogP) is 3.68. The molecule has 0 saturated heterocycles. The van der Waals surface area contributed by atoms with Gasteiger partial charge in [-0.25, -0.2) is 0 Å². The zero-order valence-corrected chi connectivity index (χ0v) is 10.0. The van der Waals surface area contributed by atoms with Gasteiger partial charge in [-0.1, -0.05) is 24.3 Å². The largest absolute Gasteiger partial charge is 0.381 e. The molecule has 84 valence electrons. The van der Waals surface area contributed by atoms with Crippen molar-refractivity contribution in [3.8, 4) is 0 Å². The molecule has 0 aliphatic heterocycles. The number of allylic oxidation sites excluding steroid dienone is 1. The second kappa shape index (κ2) is 3.65. The zero-order valence-electron chi connectivity index (χ0n) is 10.0. The molecule has 1 fully saturated rings. The predicted molar refractivity (Wildman–Crippen MR) is 68.7 cm³/mol. The smallest absolute Gasteiger partial charge is 0.0374 e. The molecule has 1 aromatic rings. The summed E-state index contributed by atoms with van der Waals surface area (Å²) in [5, 5.41) is 3.71. The van der Waals surface area contributed by atoms with Crippen LogP contribution < -0.4 is 5.32 Å². The summed E-state index contributed by atoms with van der Waals surface area (Å²) < 4.78 is 0. The molecule has 1 nitrogen and oxygen atoms in total. The Bertz CT molecular complexity index is 433. The maximum Gasteiger partial charge on any atom is 0.0374 e. The van der Waals surface area contributed by atoms with Gasteiger partial charge in [-0.3, -0.25) is 0 Å². The number of benzene rings is 1. The van der Waals surface area contributed by atoms with Crippen LogP contribution in [0.25, 0.3) is 0 Å². The second-order valence-corrected chi connectivity index (χ2v) is 5.24. The molecular weight excluding hydrogens is 194 g/mol. The Labute approximate surface area is 97.6 Å². The molecule has 1 aromatic carbocycles. The molecule has 3 unspecified atom stereocenters. The van der Waals surface area contributed by atoms with Crippen LogP contribution in [0.2, 0.25) is 0 Å². The van der Waals surface area contributed by atoms with E-state index in [0.717, 1.165) is 11.8 Å². The normalized spacial score (nSPS) is 31.0. The number of fused-ring (bicyclic) bond motifs is 1. The lowest BCUT2D eigenvalue weighted by molar-refractivity contribution is 0.218. The Balaban J connectivity index is 1.75. The third kappa shape index (κ3) is 1.46. The first-order valence-electron chi connectivity index (χ1n) is 6.25. The average Bonchev–Trinajstić information content (AvgIpc) is 2.62. The van der Waals surface area contributed by atoms with Gasteiger partial charge in [0.2, 0.25) is 0 Å². The van der Waals surface area contributed by atoms with Gasteiger partial charge < -0.3 is 5.32 Å². The van der Waals surface area contributed by atoms with Crippen LogP contribution in [0, 0.1) is 25.7 Å². The highest BCUT2D eigenvalue weighted by atomic mass is 15.0. The van der Waals surface area contributed by atoms with E-state index in [1.54, 1.807) is 0 Å². The van der Waals surface area contributed by atoms with E-state index in [0.29, 0.717) is 6.04 Å². The topological polar surface area (TPSA) is 12.0 Å². The minimum Gasteiger partial charge on any atom is -0.381 e. The highest BCUT2D eigenvalue weighted by Gasteiger charge is 2.40. The van der Waals surface area contributed by atoms with Crippen molar-refractivity contribution in [2.75, 3.05) is 5.32 Å². The van der Waals surface area contributed by atoms with E-state index in [2.05, 4.69) is 49.5 Å². The number of hydrogen-bond acceptors (Lipinski definition) is 1. The maximum absolute atomic E-state index is 3.71. The summed E-state index contributed by atoms with van der Waals surface area (Å²) in [6.45, 7) is 4.39. The van der Waals surface area contributed by atoms with Gasteiger partial charge >= 0.3 is 0 Å². The average molecular weight is 213 g/mol. The fourth-order valence-corrected chi connectivity index (χ4v) is 2.99. The molecule has 0 amide bonds. The Hall–Kier alpha value is -1.24. The van der Waals surface area contributed by atoms with Gasteiger partial charge in [0.25, 0.3) is 0 Å². The third-order valence-electron chi connectivity index (χ3n) is 4.31. The molecule has 2 aliphatic carbocycles. The van der Waals surface area contributed by atoms with Crippen LogP contribution in [0.3, 0.4) is 0 Å². The van der Waals surface area contributed by atoms with Crippen molar-refractivity contribution in [3.63, 3.8) is 0 Å². The van der Waals surface area contributed by atoms with Crippen molar-refractivity contribution < 1.29 is 0 Å². The van der Waals surface area contributed by atoms with Gasteiger partial charge in [-0.15, -0.1) is 0 Å². The first-order chi connectivity index (χ1) is 7.75. The highest BCUT2D eigenvalue weighted by Crippen LogP contribution is 2.44. The van der Waals surface area contributed by atoms with Crippen LogP contribution in [0.15, 0.2) is 30.4 Å². The van der Waals surface area contributed by atoms with Crippen molar-refractivity contribution in [1.82, 2.24) is 0 Å². The van der Waals surface area contributed by atoms with Gasteiger partial charge in [0.1, 0.15) is 0 Å². The molecule has 0 bridgehead atoms. The van der Waals surface area contributed by atoms with E-state index in [-0.39, 0.29) is 0 Å². The Morgan fingerprint density at radius 2 is 2.12 bits per heavy atom. The summed E-state index contributed by atoms with van der Waals surface area (Å²) in [4.78, 5) is 0. The monoisotopic (exact) mass is 213 g/mol.